The van der Waals surface area contributed by atoms with Crippen LogP contribution in [-0.4, -0.2) is 4.98 Å². The SMILES string of the molecule is Cc1ncc(Cl)cc1NBr. The summed E-state index contributed by atoms with van der Waals surface area (Å²) in [6, 6.07) is 1.80. The van der Waals surface area contributed by atoms with Gasteiger partial charge in [-0.05, 0) is 13.0 Å². The Morgan fingerprint density at radius 1 is 1.70 bits per heavy atom. The van der Waals surface area contributed by atoms with Gasteiger partial charge in [-0.25, -0.2) is 0 Å². The number of anilines is 1. The molecule has 0 aliphatic carbocycles. The van der Waals surface area contributed by atoms with Gasteiger partial charge in [0.25, 0.3) is 0 Å². The number of hydrogen-bond acceptors (Lipinski definition) is 2. The van der Waals surface area contributed by atoms with Crippen molar-refractivity contribution in [2.24, 2.45) is 0 Å². The van der Waals surface area contributed by atoms with Crippen LogP contribution in [-0.2, 0) is 0 Å². The Kier molecular flexibility index (Phi) is 2.51. The molecule has 4 heteroatoms. The van der Waals surface area contributed by atoms with Gasteiger partial charge in [-0.15, -0.1) is 0 Å². The minimum Gasteiger partial charge on any atom is -0.321 e. The van der Waals surface area contributed by atoms with E-state index in [2.05, 4.69) is 25.5 Å². The van der Waals surface area contributed by atoms with Crippen molar-refractivity contribution in [3.63, 3.8) is 0 Å². The zero-order chi connectivity index (χ0) is 7.56. The van der Waals surface area contributed by atoms with E-state index in [1.54, 1.807) is 12.3 Å². The fraction of sp³-hybridized carbons (Fsp3) is 0.167. The van der Waals surface area contributed by atoms with Crippen molar-refractivity contribution in [2.45, 2.75) is 6.92 Å². The van der Waals surface area contributed by atoms with Crippen LogP contribution in [0.3, 0.4) is 0 Å². The van der Waals surface area contributed by atoms with E-state index >= 15 is 0 Å². The van der Waals surface area contributed by atoms with Gasteiger partial charge in [-0.2, -0.15) is 0 Å². The van der Waals surface area contributed by atoms with E-state index < -0.39 is 0 Å². The molecule has 1 rings (SSSR count). The smallest absolute Gasteiger partial charge is 0.0670 e. The highest BCUT2D eigenvalue weighted by atomic mass is 79.9. The normalized spacial score (nSPS) is 9.50. The minimum absolute atomic E-state index is 0.632. The van der Waals surface area contributed by atoms with Crippen LogP contribution in [0.1, 0.15) is 5.69 Å². The summed E-state index contributed by atoms with van der Waals surface area (Å²) >= 11 is 8.77. The summed E-state index contributed by atoms with van der Waals surface area (Å²) in [7, 11) is 0. The molecule has 0 atom stereocenters. The molecule has 1 aromatic rings. The highest BCUT2D eigenvalue weighted by Gasteiger charge is 1.96. The summed E-state index contributed by atoms with van der Waals surface area (Å²) in [5, 5.41) is 0.632. The molecule has 0 fully saturated rings. The van der Waals surface area contributed by atoms with E-state index in [0.29, 0.717) is 5.02 Å². The first-order valence-electron chi connectivity index (χ1n) is 2.73. The van der Waals surface area contributed by atoms with Crippen LogP contribution in [0.2, 0.25) is 5.02 Å². The van der Waals surface area contributed by atoms with Crippen molar-refractivity contribution in [2.75, 3.05) is 4.34 Å². The number of nitrogens with zero attached hydrogens (tertiary/aromatic N) is 1. The fourth-order valence-electron chi connectivity index (χ4n) is 0.603. The number of aryl methyl sites for hydroxylation is 1. The van der Waals surface area contributed by atoms with Gasteiger partial charge in [-0.3, -0.25) is 4.98 Å². The maximum Gasteiger partial charge on any atom is 0.0670 e. The van der Waals surface area contributed by atoms with Crippen molar-refractivity contribution in [3.05, 3.63) is 23.0 Å². The van der Waals surface area contributed by atoms with E-state index in [-0.39, 0.29) is 0 Å². The van der Waals surface area contributed by atoms with E-state index in [9.17, 15) is 0 Å². The van der Waals surface area contributed by atoms with Crippen LogP contribution in [0.15, 0.2) is 12.3 Å². The highest BCUT2D eigenvalue weighted by Crippen LogP contribution is 2.18. The first-order valence-corrected chi connectivity index (χ1v) is 3.90. The van der Waals surface area contributed by atoms with Crippen LogP contribution in [0.5, 0.6) is 0 Å². The van der Waals surface area contributed by atoms with Crippen LogP contribution in [0.25, 0.3) is 0 Å². The zero-order valence-electron chi connectivity index (χ0n) is 5.36. The van der Waals surface area contributed by atoms with Gasteiger partial charge in [0.1, 0.15) is 0 Å². The lowest BCUT2D eigenvalue weighted by Crippen LogP contribution is -1.87. The second-order valence-electron chi connectivity index (χ2n) is 1.88. The molecule has 0 aliphatic heterocycles. The summed E-state index contributed by atoms with van der Waals surface area (Å²) in [6.45, 7) is 1.90. The maximum atomic E-state index is 5.67. The molecule has 0 radical (unpaired) electrons. The average molecular weight is 221 g/mol. The predicted molar refractivity (Wildman–Crippen MR) is 46.5 cm³/mol. The lowest BCUT2D eigenvalue weighted by molar-refractivity contribution is 1.21. The quantitative estimate of drug-likeness (QED) is 0.738. The summed E-state index contributed by atoms with van der Waals surface area (Å²) in [5.41, 5.74) is 1.81. The van der Waals surface area contributed by atoms with E-state index in [1.807, 2.05) is 6.92 Å². The first-order chi connectivity index (χ1) is 4.74. The Morgan fingerprint density at radius 2 is 2.40 bits per heavy atom. The molecular formula is C6H6BrClN2. The summed E-state index contributed by atoms with van der Waals surface area (Å²) in [5.74, 6) is 0. The largest absolute Gasteiger partial charge is 0.321 e. The van der Waals surface area contributed by atoms with Gasteiger partial charge in [-0.1, -0.05) is 11.6 Å². The highest BCUT2D eigenvalue weighted by molar-refractivity contribution is 9.10. The van der Waals surface area contributed by atoms with Gasteiger partial charge >= 0.3 is 0 Å². The van der Waals surface area contributed by atoms with Crippen molar-refractivity contribution < 1.29 is 0 Å². The maximum absolute atomic E-state index is 5.67. The lowest BCUT2D eigenvalue weighted by Gasteiger charge is -2.00. The molecule has 54 valence electrons. The fourth-order valence-corrected chi connectivity index (χ4v) is 1.16. The number of halogens is 2. The second kappa shape index (κ2) is 3.21. The summed E-state index contributed by atoms with van der Waals surface area (Å²) < 4.78 is 2.80. The van der Waals surface area contributed by atoms with Gasteiger partial charge in [0, 0.05) is 22.3 Å². The Morgan fingerprint density at radius 3 is 2.90 bits per heavy atom. The summed E-state index contributed by atoms with van der Waals surface area (Å²) in [6.07, 6.45) is 1.62. The van der Waals surface area contributed by atoms with Gasteiger partial charge in [0.15, 0.2) is 0 Å². The van der Waals surface area contributed by atoms with Crippen molar-refractivity contribution in [1.29, 1.82) is 0 Å². The summed E-state index contributed by atoms with van der Waals surface area (Å²) in [4.78, 5) is 4.03. The molecule has 1 aromatic heterocycles. The Balaban J connectivity index is 3.09. The van der Waals surface area contributed by atoms with Gasteiger partial charge in [0.05, 0.1) is 16.4 Å². The second-order valence-corrected chi connectivity index (χ2v) is 2.71. The molecule has 0 saturated heterocycles. The molecule has 0 amide bonds. The molecule has 0 bridgehead atoms. The van der Waals surface area contributed by atoms with Crippen molar-refractivity contribution >= 4 is 33.4 Å². The molecular weight excluding hydrogens is 215 g/mol. The molecule has 2 nitrogen and oxygen atoms in total. The molecule has 1 N–H and O–H groups in total. The molecule has 1 heterocycles. The monoisotopic (exact) mass is 220 g/mol. The van der Waals surface area contributed by atoms with E-state index in [4.69, 9.17) is 11.6 Å². The lowest BCUT2D eigenvalue weighted by atomic mass is 10.3. The third kappa shape index (κ3) is 1.61. The third-order valence-electron chi connectivity index (χ3n) is 1.16. The predicted octanol–water partition coefficient (Wildman–Crippen LogP) is 2.77. The molecule has 0 aromatic carbocycles. The Labute approximate surface area is 72.9 Å². The third-order valence-corrected chi connectivity index (χ3v) is 1.79. The molecule has 0 aliphatic rings. The van der Waals surface area contributed by atoms with Crippen LogP contribution < -0.4 is 4.34 Å². The number of hydrogen-bond donors (Lipinski definition) is 1. The number of pyridine rings is 1. The standard InChI is InChI=1S/C6H6BrClN2/c1-4-6(10-7)2-5(8)3-9-4/h2-3,10H,1H3. The van der Waals surface area contributed by atoms with Gasteiger partial charge < -0.3 is 4.34 Å². The van der Waals surface area contributed by atoms with Crippen LogP contribution in [0, 0.1) is 6.92 Å². The average Bonchev–Trinajstić information content (AvgIpc) is 1.94. The first kappa shape index (κ1) is 7.82. The van der Waals surface area contributed by atoms with Crippen LogP contribution in [0.4, 0.5) is 5.69 Å². The Hall–Kier alpha value is -0.280. The number of nitrogens with one attached hydrogen (secondary N) is 1. The number of aromatic nitrogens is 1. The molecule has 0 unspecified atom stereocenters. The minimum atomic E-state index is 0.632. The van der Waals surface area contributed by atoms with E-state index in [0.717, 1.165) is 11.4 Å². The number of rotatable bonds is 1. The topological polar surface area (TPSA) is 24.9 Å². The molecule has 0 saturated carbocycles. The zero-order valence-corrected chi connectivity index (χ0v) is 7.70. The molecule has 0 spiro atoms. The van der Waals surface area contributed by atoms with Crippen molar-refractivity contribution in [3.8, 4) is 0 Å². The van der Waals surface area contributed by atoms with E-state index in [1.165, 1.54) is 0 Å². The van der Waals surface area contributed by atoms with Gasteiger partial charge in [0.2, 0.25) is 0 Å². The Bertz CT molecular complexity index is 239. The van der Waals surface area contributed by atoms with Crippen LogP contribution >= 0.6 is 27.7 Å². The van der Waals surface area contributed by atoms with Crippen molar-refractivity contribution in [1.82, 2.24) is 4.98 Å². The molecule has 10 heavy (non-hydrogen) atoms.